The van der Waals surface area contributed by atoms with Gasteiger partial charge in [-0.25, -0.2) is 4.79 Å². The highest BCUT2D eigenvalue weighted by molar-refractivity contribution is 6.02. The zero-order valence-corrected chi connectivity index (χ0v) is 15.4. The summed E-state index contributed by atoms with van der Waals surface area (Å²) >= 11 is 0. The van der Waals surface area contributed by atoms with E-state index in [1.807, 2.05) is 12.1 Å². The average Bonchev–Trinajstić information content (AvgIpc) is 2.89. The monoisotopic (exact) mass is 366 g/mol. The van der Waals surface area contributed by atoms with E-state index in [1.165, 1.54) is 12.1 Å². The smallest absolute Gasteiger partial charge is 0.337 e. The number of aliphatic hydroxyl groups excluding tert-OH is 1. The number of ether oxygens (including phenoxy) is 2. The molecule has 0 amide bonds. The Bertz CT molecular complexity index is 924. The predicted octanol–water partition coefficient (Wildman–Crippen LogP) is 3.37. The predicted molar refractivity (Wildman–Crippen MR) is 100 cm³/mol. The van der Waals surface area contributed by atoms with Gasteiger partial charge in [0.25, 0.3) is 0 Å². The molecule has 0 aromatic heterocycles. The number of aliphatic hydroxyl groups is 1. The number of cyclic esters (lactones) is 1. The van der Waals surface area contributed by atoms with E-state index in [0.29, 0.717) is 23.1 Å². The molecular weight excluding hydrogens is 344 g/mol. The number of carbonyl (C=O) groups excluding carboxylic acids is 1. The number of fused-ring (bicyclic) bond motifs is 1. The number of phenolic OH excluding ortho intramolecular Hbond substituents is 1. The first kappa shape index (κ1) is 17.6. The van der Waals surface area contributed by atoms with Gasteiger partial charge in [0, 0.05) is 12.0 Å². The van der Waals surface area contributed by atoms with E-state index < -0.39 is 12.3 Å². The lowest BCUT2D eigenvalue weighted by atomic mass is 9.91. The number of aryl methyl sites for hydroxylation is 1. The Morgan fingerprint density at radius 1 is 1.15 bits per heavy atom. The van der Waals surface area contributed by atoms with Crippen molar-refractivity contribution in [2.24, 2.45) is 0 Å². The second-order valence-electron chi connectivity index (χ2n) is 7.68. The van der Waals surface area contributed by atoms with Gasteiger partial charge >= 0.3 is 5.97 Å². The first-order valence-electron chi connectivity index (χ1n) is 9.05. The Morgan fingerprint density at radius 2 is 1.89 bits per heavy atom. The second-order valence-corrected chi connectivity index (χ2v) is 7.68. The Balaban J connectivity index is 1.67. The second kappa shape index (κ2) is 6.43. The third-order valence-corrected chi connectivity index (χ3v) is 5.10. The van der Waals surface area contributed by atoms with Crippen LogP contribution in [0, 0.1) is 0 Å². The number of carbonyl (C=O) groups is 1. The van der Waals surface area contributed by atoms with Crippen LogP contribution in [0.2, 0.25) is 0 Å². The van der Waals surface area contributed by atoms with Gasteiger partial charge in [-0.2, -0.15) is 0 Å². The fourth-order valence-electron chi connectivity index (χ4n) is 3.64. The summed E-state index contributed by atoms with van der Waals surface area (Å²) in [7, 11) is 0. The molecule has 0 radical (unpaired) electrons. The number of phenols is 1. The van der Waals surface area contributed by atoms with Crippen molar-refractivity contribution in [2.75, 3.05) is 0 Å². The van der Waals surface area contributed by atoms with E-state index in [-0.39, 0.29) is 11.4 Å². The molecule has 0 aliphatic carbocycles. The molecule has 2 aromatic carbocycles. The fourth-order valence-corrected chi connectivity index (χ4v) is 3.64. The quantitative estimate of drug-likeness (QED) is 0.815. The summed E-state index contributed by atoms with van der Waals surface area (Å²) in [5.41, 5.74) is 3.48. The van der Waals surface area contributed by atoms with E-state index in [9.17, 15) is 15.0 Å². The van der Waals surface area contributed by atoms with Crippen molar-refractivity contribution in [3.8, 4) is 11.5 Å². The number of hydrogen-bond acceptors (Lipinski definition) is 5. The Morgan fingerprint density at radius 3 is 2.63 bits per heavy atom. The van der Waals surface area contributed by atoms with E-state index in [1.54, 1.807) is 12.1 Å². The van der Waals surface area contributed by atoms with Gasteiger partial charge in [0.15, 0.2) is 0 Å². The Hall–Kier alpha value is -2.79. The maximum absolute atomic E-state index is 12.3. The number of benzene rings is 2. The molecule has 0 saturated carbocycles. The largest absolute Gasteiger partial charge is 0.508 e. The number of rotatable bonds is 3. The molecule has 0 bridgehead atoms. The van der Waals surface area contributed by atoms with Crippen molar-refractivity contribution in [3.05, 3.63) is 64.7 Å². The Kier molecular flexibility index (Phi) is 4.19. The van der Waals surface area contributed by atoms with Crippen LogP contribution in [-0.4, -0.2) is 28.1 Å². The van der Waals surface area contributed by atoms with Gasteiger partial charge in [-0.15, -0.1) is 0 Å². The van der Waals surface area contributed by atoms with Crippen LogP contribution in [0.3, 0.4) is 0 Å². The summed E-state index contributed by atoms with van der Waals surface area (Å²) in [6, 6.07) is 12.3. The molecule has 1 atom stereocenters. The molecule has 2 aliphatic rings. The highest BCUT2D eigenvalue weighted by Crippen LogP contribution is 2.36. The van der Waals surface area contributed by atoms with E-state index in [0.717, 1.165) is 29.7 Å². The zero-order valence-electron chi connectivity index (χ0n) is 15.4. The molecule has 2 aliphatic heterocycles. The highest BCUT2D eigenvalue weighted by atomic mass is 16.6. The van der Waals surface area contributed by atoms with E-state index in [4.69, 9.17) is 9.47 Å². The lowest BCUT2D eigenvalue weighted by Gasteiger charge is -2.32. The van der Waals surface area contributed by atoms with Gasteiger partial charge in [0.05, 0.1) is 5.57 Å². The minimum atomic E-state index is -1.29. The standard InChI is InChI=1S/C22H22O5/c1-22(2)10-9-15-11-13(3-8-18(15)27-22)12-17-19(21(25)26-20(17)24)14-4-6-16(23)7-5-14/h3-8,11,21,23,25H,9-10,12H2,1-2H3/t21-/m1/s1. The van der Waals surface area contributed by atoms with Crippen LogP contribution in [0.1, 0.15) is 37.0 Å². The highest BCUT2D eigenvalue weighted by Gasteiger charge is 2.34. The number of hydrogen-bond donors (Lipinski definition) is 2. The summed E-state index contributed by atoms with van der Waals surface area (Å²) in [6.45, 7) is 4.16. The molecule has 0 saturated heterocycles. The zero-order chi connectivity index (χ0) is 19.2. The minimum absolute atomic E-state index is 0.123. The molecule has 0 unspecified atom stereocenters. The molecule has 0 spiro atoms. The van der Waals surface area contributed by atoms with E-state index >= 15 is 0 Å². The van der Waals surface area contributed by atoms with Crippen LogP contribution in [-0.2, 0) is 22.4 Å². The molecule has 140 valence electrons. The summed E-state index contributed by atoms with van der Waals surface area (Å²) < 4.78 is 11.1. The van der Waals surface area contributed by atoms with Gasteiger partial charge in [0.2, 0.25) is 6.29 Å². The maximum Gasteiger partial charge on any atom is 0.337 e. The minimum Gasteiger partial charge on any atom is -0.508 e. The summed E-state index contributed by atoms with van der Waals surface area (Å²) in [6.07, 6.45) is 0.931. The summed E-state index contributed by atoms with van der Waals surface area (Å²) in [4.78, 5) is 12.3. The number of aromatic hydroxyl groups is 1. The van der Waals surface area contributed by atoms with Gasteiger partial charge in [-0.05, 0) is 61.6 Å². The maximum atomic E-state index is 12.3. The first-order valence-corrected chi connectivity index (χ1v) is 9.05. The topological polar surface area (TPSA) is 76.0 Å². The molecular formula is C22H22O5. The van der Waals surface area contributed by atoms with Crippen LogP contribution >= 0.6 is 0 Å². The lowest BCUT2D eigenvalue weighted by molar-refractivity contribution is -0.150. The molecule has 27 heavy (non-hydrogen) atoms. The Labute approximate surface area is 157 Å². The van der Waals surface area contributed by atoms with Crippen molar-refractivity contribution < 1.29 is 24.5 Å². The average molecular weight is 366 g/mol. The van der Waals surface area contributed by atoms with Gasteiger partial charge in [-0.1, -0.05) is 24.3 Å². The van der Waals surface area contributed by atoms with Gasteiger partial charge < -0.3 is 19.7 Å². The SMILES string of the molecule is CC1(C)CCc2cc(CC3=C(c4ccc(O)cc4)[C@H](O)OC3=O)ccc2O1. The molecule has 0 fully saturated rings. The molecule has 5 heteroatoms. The van der Waals surface area contributed by atoms with Crippen LogP contribution in [0.15, 0.2) is 48.0 Å². The van der Waals surface area contributed by atoms with Crippen molar-refractivity contribution in [3.63, 3.8) is 0 Å². The van der Waals surface area contributed by atoms with Crippen LogP contribution in [0.5, 0.6) is 11.5 Å². The van der Waals surface area contributed by atoms with Gasteiger partial charge in [-0.3, -0.25) is 0 Å². The summed E-state index contributed by atoms with van der Waals surface area (Å²) in [5.74, 6) is 0.496. The fraction of sp³-hybridized carbons (Fsp3) is 0.318. The van der Waals surface area contributed by atoms with Crippen molar-refractivity contribution in [1.82, 2.24) is 0 Å². The lowest BCUT2D eigenvalue weighted by Crippen LogP contribution is -2.32. The van der Waals surface area contributed by atoms with Crippen molar-refractivity contribution in [2.45, 2.75) is 45.0 Å². The molecule has 5 nitrogen and oxygen atoms in total. The van der Waals surface area contributed by atoms with Crippen LogP contribution in [0.25, 0.3) is 5.57 Å². The normalized spacial score (nSPS) is 20.9. The summed E-state index contributed by atoms with van der Waals surface area (Å²) in [5, 5.41) is 19.7. The molecule has 2 N–H and O–H groups in total. The third-order valence-electron chi connectivity index (χ3n) is 5.10. The van der Waals surface area contributed by atoms with Gasteiger partial charge in [0.1, 0.15) is 17.1 Å². The molecule has 2 heterocycles. The first-order chi connectivity index (χ1) is 12.8. The van der Waals surface area contributed by atoms with Crippen LogP contribution in [0.4, 0.5) is 0 Å². The van der Waals surface area contributed by atoms with E-state index in [2.05, 4.69) is 19.9 Å². The van der Waals surface area contributed by atoms with Crippen LogP contribution < -0.4 is 4.74 Å². The molecule has 4 rings (SSSR count). The van der Waals surface area contributed by atoms with Crippen molar-refractivity contribution >= 4 is 11.5 Å². The number of esters is 1. The van der Waals surface area contributed by atoms with Crippen molar-refractivity contribution in [1.29, 1.82) is 0 Å². The third kappa shape index (κ3) is 3.43. The molecule has 2 aromatic rings.